The van der Waals surface area contributed by atoms with Crippen LogP contribution in [0.1, 0.15) is 32.8 Å². The summed E-state index contributed by atoms with van der Waals surface area (Å²) >= 11 is 0. The highest BCUT2D eigenvalue weighted by atomic mass is 19.4. The van der Waals surface area contributed by atoms with Crippen LogP contribution in [-0.4, -0.2) is 35.5 Å². The summed E-state index contributed by atoms with van der Waals surface area (Å²) in [5.41, 5.74) is -12.7. The van der Waals surface area contributed by atoms with Crippen LogP contribution >= 0.6 is 0 Å². The van der Waals surface area contributed by atoms with Crippen molar-refractivity contribution in [1.82, 2.24) is 0 Å². The van der Waals surface area contributed by atoms with Gasteiger partial charge in [-0.2, -0.15) is 26.3 Å². The van der Waals surface area contributed by atoms with Gasteiger partial charge in [-0.3, -0.25) is 0 Å². The van der Waals surface area contributed by atoms with E-state index in [1.54, 1.807) is 0 Å². The van der Waals surface area contributed by atoms with Crippen molar-refractivity contribution in [3.05, 3.63) is 41.7 Å². The normalized spacial score (nSPS) is 28.8. The Kier molecular flexibility index (Phi) is 5.93. The van der Waals surface area contributed by atoms with Crippen LogP contribution in [0.3, 0.4) is 0 Å². The third kappa shape index (κ3) is 3.06. The van der Waals surface area contributed by atoms with Crippen LogP contribution in [0.4, 0.5) is 35.1 Å². The van der Waals surface area contributed by atoms with Crippen LogP contribution in [-0.2, 0) is 4.79 Å². The largest absolute Gasteiger partial charge is 0.427 e. The molecule has 0 radical (unpaired) electrons. The van der Waals surface area contributed by atoms with Gasteiger partial charge in [0.05, 0.1) is 0 Å². The molecule has 2 nitrogen and oxygen atoms in total. The van der Waals surface area contributed by atoms with Gasteiger partial charge in [0.25, 0.3) is 5.60 Å². The fourth-order valence-corrected chi connectivity index (χ4v) is 4.23. The summed E-state index contributed by atoms with van der Waals surface area (Å²) in [4.78, 5) is 11.7. The van der Waals surface area contributed by atoms with E-state index >= 15 is 8.78 Å². The molecule has 168 valence electrons. The van der Waals surface area contributed by atoms with Gasteiger partial charge in [-0.25, -0.2) is 8.78 Å². The molecule has 0 spiro atoms. The van der Waals surface area contributed by atoms with Crippen molar-refractivity contribution in [3.63, 3.8) is 0 Å². The van der Waals surface area contributed by atoms with E-state index in [-0.39, 0.29) is 5.56 Å². The number of carbonyl (C=O) groups excluding carboxylic acids is 1. The second kappa shape index (κ2) is 7.32. The molecule has 0 saturated carbocycles. The van der Waals surface area contributed by atoms with Crippen molar-refractivity contribution >= 4 is 11.9 Å². The smallest absolute Gasteiger partial charge is 0.373 e. The molecule has 10 heteroatoms. The number of alkyl halides is 7. The maximum Gasteiger partial charge on any atom is 0.427 e. The maximum absolute atomic E-state index is 15.9. The predicted molar refractivity (Wildman–Crippen MR) is 92.5 cm³/mol. The van der Waals surface area contributed by atoms with Gasteiger partial charge in [-0.1, -0.05) is 51.1 Å². The minimum Gasteiger partial charge on any atom is -0.373 e. The fraction of sp³-hybridized carbons (Fsp3) is 0.550. The summed E-state index contributed by atoms with van der Waals surface area (Å²) in [6.45, 7) is 3.52. The molecule has 0 aromatic heterocycles. The molecule has 0 fully saturated rings. The Hall–Kier alpha value is -1.97. The molecule has 1 aromatic carbocycles. The van der Waals surface area contributed by atoms with Gasteiger partial charge in [0.2, 0.25) is 0 Å². The molecule has 0 aliphatic heterocycles. The number of allylic oxidation sites excluding steroid dienone is 2. The highest BCUT2D eigenvalue weighted by Gasteiger charge is 2.83. The predicted octanol–water partition coefficient (Wildman–Crippen LogP) is 5.81. The zero-order valence-electron chi connectivity index (χ0n) is 16.2. The highest BCUT2D eigenvalue weighted by Crippen LogP contribution is 2.65. The minimum absolute atomic E-state index is 0.0518. The number of hydrogen-bond acceptors (Lipinski definition) is 2. The van der Waals surface area contributed by atoms with E-state index in [9.17, 15) is 36.2 Å². The summed E-state index contributed by atoms with van der Waals surface area (Å²) < 4.78 is 112. The molecule has 1 N–H and O–H groups in total. The van der Waals surface area contributed by atoms with Gasteiger partial charge in [-0.05, 0) is 17.1 Å². The van der Waals surface area contributed by atoms with E-state index in [1.165, 1.54) is 44.2 Å². The van der Waals surface area contributed by atoms with Gasteiger partial charge in [0.1, 0.15) is 23.7 Å². The number of carbonyl (C=O) groups is 1. The van der Waals surface area contributed by atoms with Gasteiger partial charge in [-0.15, -0.1) is 0 Å². The lowest BCUT2D eigenvalue weighted by Gasteiger charge is -2.55. The van der Waals surface area contributed by atoms with Crippen LogP contribution < -0.4 is 0 Å². The number of benzene rings is 1. The Morgan fingerprint density at radius 3 is 1.90 bits per heavy atom. The van der Waals surface area contributed by atoms with E-state index in [2.05, 4.69) is 0 Å². The second-order valence-corrected chi connectivity index (χ2v) is 7.99. The molecule has 30 heavy (non-hydrogen) atoms. The number of aliphatic hydroxyl groups is 1. The van der Waals surface area contributed by atoms with Crippen molar-refractivity contribution in [1.29, 1.82) is 0 Å². The lowest BCUT2D eigenvalue weighted by molar-refractivity contribution is -0.405. The number of aldehydes is 1. The molecule has 0 heterocycles. The first-order valence-corrected chi connectivity index (χ1v) is 8.93. The Morgan fingerprint density at radius 2 is 1.53 bits per heavy atom. The third-order valence-electron chi connectivity index (χ3n) is 6.20. The molecule has 2 rings (SSSR count). The fourth-order valence-electron chi connectivity index (χ4n) is 4.23. The first-order chi connectivity index (χ1) is 13.5. The molecule has 1 aliphatic rings. The molecular formula is C20H20F8O2. The molecule has 3 unspecified atom stereocenters. The van der Waals surface area contributed by atoms with Crippen LogP contribution in [0, 0.1) is 16.7 Å². The summed E-state index contributed by atoms with van der Waals surface area (Å²) in [7, 11) is 0. The summed E-state index contributed by atoms with van der Waals surface area (Å²) in [6, 6.07) is 7.07. The Balaban J connectivity index is 2.96. The Bertz CT molecular complexity index is 813. The summed E-state index contributed by atoms with van der Waals surface area (Å²) in [5.74, 6) is -2.57. The standard InChI is InChI=1S/C20H20F8O2/c1-11(2)16(3)14(12-7-5-4-6-8-12)13(21)9-17(10-29,15(16)22)18(30,19(23,24)25)20(26,27)28/h4-8,10-11,15,30H,9H2,1-3H3. The molecule has 1 aliphatic carbocycles. The SMILES string of the molecule is CC(C)C1(C)C(c2ccccc2)=C(F)CC(C=O)(C(O)(C(F)(F)F)C(F)(F)F)C1F. The average Bonchev–Trinajstić information content (AvgIpc) is 2.63. The quantitative estimate of drug-likeness (QED) is 0.470. The number of halogens is 8. The first-order valence-electron chi connectivity index (χ1n) is 8.93. The Labute approximate surface area is 167 Å². The van der Waals surface area contributed by atoms with E-state index in [4.69, 9.17) is 0 Å². The molecule has 3 atom stereocenters. The van der Waals surface area contributed by atoms with Crippen molar-refractivity contribution in [3.8, 4) is 0 Å². The minimum atomic E-state index is -6.50. The number of hydrogen-bond donors (Lipinski definition) is 1. The van der Waals surface area contributed by atoms with Crippen LogP contribution in [0.5, 0.6) is 0 Å². The van der Waals surface area contributed by atoms with Gasteiger partial charge in [0.15, 0.2) is 0 Å². The van der Waals surface area contributed by atoms with E-state index < -0.39 is 65.0 Å². The molecular weight excluding hydrogens is 424 g/mol. The highest BCUT2D eigenvalue weighted by molar-refractivity contribution is 5.78. The molecule has 0 saturated heterocycles. The zero-order valence-corrected chi connectivity index (χ0v) is 16.2. The van der Waals surface area contributed by atoms with Crippen molar-refractivity contribution in [2.75, 3.05) is 0 Å². The van der Waals surface area contributed by atoms with E-state index in [1.807, 2.05) is 0 Å². The monoisotopic (exact) mass is 444 g/mol. The average molecular weight is 444 g/mol. The first kappa shape index (κ1) is 24.3. The molecule has 0 bridgehead atoms. The van der Waals surface area contributed by atoms with Crippen LogP contribution in [0.15, 0.2) is 36.2 Å². The molecule has 0 amide bonds. The van der Waals surface area contributed by atoms with Gasteiger partial charge in [0, 0.05) is 11.8 Å². The summed E-state index contributed by atoms with van der Waals surface area (Å²) in [5, 5.41) is 9.91. The van der Waals surface area contributed by atoms with Crippen molar-refractivity contribution in [2.45, 2.75) is 51.3 Å². The lowest BCUT2D eigenvalue weighted by atomic mass is 9.51. The van der Waals surface area contributed by atoms with Crippen LogP contribution in [0.25, 0.3) is 5.57 Å². The van der Waals surface area contributed by atoms with Crippen molar-refractivity contribution < 1.29 is 45.0 Å². The zero-order chi connectivity index (χ0) is 23.3. The topological polar surface area (TPSA) is 37.3 Å². The number of rotatable bonds is 4. The second-order valence-electron chi connectivity index (χ2n) is 7.99. The van der Waals surface area contributed by atoms with Gasteiger partial charge >= 0.3 is 12.4 Å². The van der Waals surface area contributed by atoms with E-state index in [0.717, 1.165) is 6.92 Å². The van der Waals surface area contributed by atoms with E-state index in [0.29, 0.717) is 0 Å². The third-order valence-corrected chi connectivity index (χ3v) is 6.20. The van der Waals surface area contributed by atoms with Crippen LogP contribution in [0.2, 0.25) is 0 Å². The van der Waals surface area contributed by atoms with Gasteiger partial charge < -0.3 is 9.90 Å². The lowest BCUT2D eigenvalue weighted by Crippen LogP contribution is -2.73. The Morgan fingerprint density at radius 1 is 1.07 bits per heavy atom. The maximum atomic E-state index is 15.9. The van der Waals surface area contributed by atoms with Crippen molar-refractivity contribution in [2.24, 2.45) is 16.7 Å². The summed E-state index contributed by atoms with van der Waals surface area (Å²) in [6.07, 6.45) is -19.1. The molecule has 1 aromatic rings.